The Hall–Kier alpha value is -7.23. The molecule has 9 nitrogen and oxygen atoms in total. The van der Waals surface area contributed by atoms with Gasteiger partial charge < -0.3 is 18.9 Å². The first-order chi connectivity index (χ1) is 51.0. The molecule has 0 saturated carbocycles. The zero-order chi connectivity index (χ0) is 75.4. The number of esters is 2. The van der Waals surface area contributed by atoms with Crippen molar-refractivity contribution in [2.24, 2.45) is 0 Å². The number of rotatable bonds is 68. The lowest BCUT2D eigenvalue weighted by Gasteiger charge is -2.24. The molecular formula is C94H141NO8P+. The minimum absolute atomic E-state index is 0.00217. The first-order valence-corrected chi connectivity index (χ1v) is 40.9. The zero-order valence-corrected chi connectivity index (χ0v) is 66.3. The lowest BCUT2D eigenvalue weighted by Crippen LogP contribution is -2.37. The number of hydrogen-bond donors (Lipinski definition) is 1. The normalized spacial score (nSPS) is 14.6. The number of likely N-dealkylation sites (N-methyl/N-ethyl adjacent to an activating group) is 1. The van der Waals surface area contributed by atoms with Gasteiger partial charge >= 0.3 is 19.8 Å². The number of unbranched alkanes of at least 4 members (excludes halogenated alkanes) is 6. The summed E-state index contributed by atoms with van der Waals surface area (Å²) < 4.78 is 34.7. The maximum Gasteiger partial charge on any atom is 0.472 e. The number of ether oxygens (including phenoxy) is 2. The fourth-order valence-electron chi connectivity index (χ4n) is 9.21. The zero-order valence-electron chi connectivity index (χ0n) is 65.4. The summed E-state index contributed by atoms with van der Waals surface area (Å²) >= 11 is 0. The largest absolute Gasteiger partial charge is 0.472 e. The number of quaternary nitrogens is 1. The second-order valence-electron chi connectivity index (χ2n) is 25.9. The van der Waals surface area contributed by atoms with Crippen molar-refractivity contribution in [3.05, 3.63) is 292 Å². The van der Waals surface area contributed by atoms with Crippen molar-refractivity contribution in [3.8, 4) is 0 Å². The van der Waals surface area contributed by atoms with Crippen LogP contribution in [0.1, 0.15) is 232 Å². The third-order valence-electron chi connectivity index (χ3n) is 15.1. The molecule has 0 spiro atoms. The maximum atomic E-state index is 12.9. The molecule has 0 fully saturated rings. The molecule has 0 aliphatic rings. The quantitative estimate of drug-likeness (QED) is 0.0211. The van der Waals surface area contributed by atoms with Crippen LogP contribution in [0.2, 0.25) is 0 Å². The molecule has 0 aromatic rings. The minimum atomic E-state index is -4.44. The Morgan fingerprint density at radius 2 is 0.519 bits per heavy atom. The Morgan fingerprint density at radius 3 is 0.779 bits per heavy atom. The monoisotopic (exact) mass is 1440 g/mol. The van der Waals surface area contributed by atoms with Gasteiger partial charge in [-0.25, -0.2) is 4.57 Å². The highest BCUT2D eigenvalue weighted by molar-refractivity contribution is 7.47. The number of allylic oxidation sites excluding steroid dienone is 48. The molecule has 574 valence electrons. The molecule has 0 aromatic carbocycles. The predicted octanol–water partition coefficient (Wildman–Crippen LogP) is 26.9. The predicted molar refractivity (Wildman–Crippen MR) is 453 cm³/mol. The molecule has 0 heterocycles. The van der Waals surface area contributed by atoms with E-state index in [0.717, 1.165) is 193 Å². The van der Waals surface area contributed by atoms with Crippen molar-refractivity contribution in [1.82, 2.24) is 0 Å². The SMILES string of the molecule is CC/C=C\C/C=C\C/C=C\C/C=C\C/C=C\C/C=C\C/C=C\C/C=C\C/C=C\C/C=C\C/C=C\C/C=C\CCCCCCC(=O)OC(COC(=O)CCCC/C=C\C/C=C\C/C=C\C/C=C\C/C=C\C/C=C\C/C=C\C/C=C\C/C=C\C/C=C\C/C=C\C/C=C\CC)COP(=O)(O)OCC[N+](C)(C)C. The summed E-state index contributed by atoms with van der Waals surface area (Å²) in [6.45, 7) is 4.08. The van der Waals surface area contributed by atoms with Gasteiger partial charge in [-0.3, -0.25) is 18.6 Å². The van der Waals surface area contributed by atoms with E-state index >= 15 is 0 Å². The van der Waals surface area contributed by atoms with E-state index in [1.54, 1.807) is 0 Å². The second kappa shape index (κ2) is 79.9. The summed E-state index contributed by atoms with van der Waals surface area (Å²) in [6.07, 6.45) is 136. The van der Waals surface area contributed by atoms with Crippen LogP contribution in [0.5, 0.6) is 0 Å². The summed E-state index contributed by atoms with van der Waals surface area (Å²) in [5, 5.41) is 0. The van der Waals surface area contributed by atoms with Crippen LogP contribution in [0.25, 0.3) is 0 Å². The number of phosphoric ester groups is 1. The van der Waals surface area contributed by atoms with Gasteiger partial charge in [0.2, 0.25) is 0 Å². The molecule has 104 heavy (non-hydrogen) atoms. The fourth-order valence-corrected chi connectivity index (χ4v) is 9.95. The summed E-state index contributed by atoms with van der Waals surface area (Å²) in [5.41, 5.74) is 0. The fraction of sp³-hybridized carbons (Fsp3) is 0.468. The van der Waals surface area contributed by atoms with Gasteiger partial charge in [-0.05, 0) is 193 Å². The van der Waals surface area contributed by atoms with Gasteiger partial charge in [0.25, 0.3) is 0 Å². The molecule has 0 saturated heterocycles. The molecule has 2 atom stereocenters. The molecular weight excluding hydrogens is 1300 g/mol. The number of phosphoric acid groups is 1. The third-order valence-corrected chi connectivity index (χ3v) is 16.1. The van der Waals surface area contributed by atoms with Gasteiger partial charge in [0.15, 0.2) is 6.10 Å². The van der Waals surface area contributed by atoms with Gasteiger partial charge in [0.1, 0.15) is 19.8 Å². The van der Waals surface area contributed by atoms with Crippen molar-refractivity contribution in [3.63, 3.8) is 0 Å². The average molecular weight is 1440 g/mol. The van der Waals surface area contributed by atoms with E-state index < -0.39 is 32.5 Å². The smallest absolute Gasteiger partial charge is 0.462 e. The van der Waals surface area contributed by atoms with Crippen LogP contribution in [0, 0.1) is 0 Å². The standard InChI is InChI=1S/C94H140NO8P/c1-6-8-10-12-14-16-18-20-22-24-26-28-30-32-34-36-38-40-42-44-46-47-49-51-53-55-57-59-61-63-65-67-69-71-73-75-77-79-81-83-85-87-94(97)103-92(91-102-104(98,99)101-89-88-95(3,4)5)90-100-93(96)86-84-82-80-78-76-74-72-70-68-66-64-62-60-58-56-54-52-50-48-45-43-41-39-37-35-33-31-29-27-25-23-21-19-17-15-13-11-9-7-2/h8-11,14-17,20-23,26-29,32-35,38-41,44-46,48-49,51-52,54-55,57-58,60-61,63-64,66-67,69-70,72-73,75-76,78,92H,6-7,12-13,18-19,24-25,30-31,36-37,42-43,47,50,53,56,59,62,65,68,71,74,77,79-91H2,1-5H3/p+1/b10-8-,11-9-,16-14-,17-15-,22-20-,23-21-,28-26-,29-27-,34-32-,35-33-,40-38-,41-39-,46-44-,48-45-,51-49-,54-52-,57-55-,60-58-,63-61-,66-64-,69-67-,72-70-,75-73-,78-76-. The Morgan fingerprint density at radius 1 is 0.298 bits per heavy atom. The molecule has 0 bridgehead atoms. The molecule has 0 aliphatic heterocycles. The molecule has 0 aromatic heterocycles. The average Bonchev–Trinajstić information content (AvgIpc) is 0.920. The second-order valence-corrected chi connectivity index (χ2v) is 27.4. The van der Waals surface area contributed by atoms with Crippen LogP contribution in [-0.2, 0) is 32.7 Å². The number of carbonyl (C=O) groups is 2. The van der Waals surface area contributed by atoms with Crippen molar-refractivity contribution in [1.29, 1.82) is 0 Å². The van der Waals surface area contributed by atoms with Crippen molar-refractivity contribution < 1.29 is 42.1 Å². The van der Waals surface area contributed by atoms with E-state index in [2.05, 4.69) is 305 Å². The Balaban J connectivity index is 4.27. The maximum absolute atomic E-state index is 12.9. The third kappa shape index (κ3) is 83.7. The molecule has 0 aliphatic carbocycles. The van der Waals surface area contributed by atoms with Gasteiger partial charge in [-0.15, -0.1) is 0 Å². The van der Waals surface area contributed by atoms with E-state index in [1.807, 2.05) is 21.1 Å². The van der Waals surface area contributed by atoms with Crippen molar-refractivity contribution in [2.75, 3.05) is 47.5 Å². The van der Waals surface area contributed by atoms with Crippen molar-refractivity contribution >= 4 is 19.8 Å². The van der Waals surface area contributed by atoms with Crippen LogP contribution in [0.4, 0.5) is 0 Å². The molecule has 10 heteroatoms. The van der Waals surface area contributed by atoms with E-state index in [4.69, 9.17) is 18.5 Å². The highest BCUT2D eigenvalue weighted by Crippen LogP contribution is 2.43. The number of hydrogen-bond acceptors (Lipinski definition) is 7. The Labute approximate surface area is 635 Å². The lowest BCUT2D eigenvalue weighted by molar-refractivity contribution is -0.870. The Kier molecular flexibility index (Phi) is 74.3. The van der Waals surface area contributed by atoms with Gasteiger partial charge in [0.05, 0.1) is 27.7 Å². The summed E-state index contributed by atoms with van der Waals surface area (Å²) in [6, 6.07) is 0. The van der Waals surface area contributed by atoms with E-state index in [0.29, 0.717) is 23.9 Å². The van der Waals surface area contributed by atoms with Crippen LogP contribution in [0.3, 0.4) is 0 Å². The number of carbonyl (C=O) groups excluding carboxylic acids is 2. The molecule has 0 radical (unpaired) electrons. The van der Waals surface area contributed by atoms with Gasteiger partial charge in [-0.2, -0.15) is 0 Å². The van der Waals surface area contributed by atoms with Crippen LogP contribution in [0.15, 0.2) is 292 Å². The van der Waals surface area contributed by atoms with Crippen LogP contribution in [-0.4, -0.2) is 74.9 Å². The highest BCUT2D eigenvalue weighted by Gasteiger charge is 2.27. The Bertz CT molecular complexity index is 2870. The van der Waals surface area contributed by atoms with Gasteiger partial charge in [-0.1, -0.05) is 318 Å². The van der Waals surface area contributed by atoms with Gasteiger partial charge in [0, 0.05) is 12.8 Å². The van der Waals surface area contributed by atoms with Crippen molar-refractivity contribution in [2.45, 2.75) is 238 Å². The van der Waals surface area contributed by atoms with E-state index in [9.17, 15) is 19.0 Å². The summed E-state index contributed by atoms with van der Waals surface area (Å²) in [4.78, 5) is 35.9. The first kappa shape index (κ1) is 96.8. The van der Waals surface area contributed by atoms with E-state index in [-0.39, 0.29) is 26.1 Å². The lowest BCUT2D eigenvalue weighted by atomic mass is 10.1. The van der Waals surface area contributed by atoms with E-state index in [1.165, 1.54) is 0 Å². The molecule has 0 amide bonds. The topological polar surface area (TPSA) is 108 Å². The highest BCUT2D eigenvalue weighted by atomic mass is 31.2. The van der Waals surface area contributed by atoms with Crippen LogP contribution < -0.4 is 0 Å². The summed E-state index contributed by atoms with van der Waals surface area (Å²) in [5.74, 6) is -0.904. The summed E-state index contributed by atoms with van der Waals surface area (Å²) in [7, 11) is 1.39. The number of nitrogens with zero attached hydrogens (tertiary/aromatic N) is 1. The molecule has 2 unspecified atom stereocenters. The molecule has 1 N–H and O–H groups in total. The minimum Gasteiger partial charge on any atom is -0.462 e. The molecule has 0 rings (SSSR count). The first-order valence-electron chi connectivity index (χ1n) is 39.4. The van der Waals surface area contributed by atoms with Crippen LogP contribution >= 0.6 is 7.82 Å².